The van der Waals surface area contributed by atoms with Gasteiger partial charge in [-0.1, -0.05) is 42.5 Å². The lowest BCUT2D eigenvalue weighted by Crippen LogP contribution is -2.34. The number of ether oxygens (including phenoxy) is 1. The molecule has 1 aliphatic heterocycles. The van der Waals surface area contributed by atoms with Crippen LogP contribution in [0.25, 0.3) is 0 Å². The third-order valence-electron chi connectivity index (χ3n) is 5.29. The van der Waals surface area contributed by atoms with Crippen LogP contribution in [0.1, 0.15) is 31.8 Å². The molecule has 0 spiro atoms. The Morgan fingerprint density at radius 1 is 0.933 bits per heavy atom. The van der Waals surface area contributed by atoms with E-state index in [1.54, 1.807) is 24.3 Å². The monoisotopic (exact) mass is 400 g/mol. The smallest absolute Gasteiger partial charge is 0.255 e. The van der Waals surface area contributed by atoms with Crippen LogP contribution < -0.4 is 15.4 Å². The molecule has 0 saturated heterocycles. The summed E-state index contributed by atoms with van der Waals surface area (Å²) in [5, 5.41) is 5.90. The maximum absolute atomic E-state index is 12.7. The molecule has 0 aromatic heterocycles. The SMILES string of the molecule is Cc1ccc(C(=O)NCC2COc3ccccc3C2)cc1NC(=O)c1ccccc1. The van der Waals surface area contributed by atoms with Crippen LogP contribution >= 0.6 is 0 Å². The maximum Gasteiger partial charge on any atom is 0.255 e. The second-order valence-corrected chi connectivity index (χ2v) is 7.55. The van der Waals surface area contributed by atoms with Crippen LogP contribution in [0.15, 0.2) is 72.8 Å². The number of anilines is 1. The Morgan fingerprint density at radius 3 is 2.53 bits per heavy atom. The Morgan fingerprint density at radius 2 is 1.70 bits per heavy atom. The van der Waals surface area contributed by atoms with Crippen molar-refractivity contribution in [3.05, 3.63) is 95.1 Å². The van der Waals surface area contributed by atoms with E-state index >= 15 is 0 Å². The fourth-order valence-corrected chi connectivity index (χ4v) is 3.54. The van der Waals surface area contributed by atoms with Gasteiger partial charge in [0.2, 0.25) is 0 Å². The lowest BCUT2D eigenvalue weighted by molar-refractivity contribution is 0.0938. The van der Waals surface area contributed by atoms with Crippen molar-refractivity contribution < 1.29 is 14.3 Å². The highest BCUT2D eigenvalue weighted by Gasteiger charge is 2.20. The number of aryl methyl sites for hydroxylation is 1. The number of nitrogens with one attached hydrogen (secondary N) is 2. The summed E-state index contributed by atoms with van der Waals surface area (Å²) < 4.78 is 5.80. The minimum absolute atomic E-state index is 0.163. The number of fused-ring (bicyclic) bond motifs is 1. The van der Waals surface area contributed by atoms with E-state index in [1.165, 1.54) is 5.56 Å². The largest absolute Gasteiger partial charge is 0.493 e. The number of rotatable bonds is 5. The Kier molecular flexibility index (Phi) is 5.80. The molecule has 1 atom stereocenters. The van der Waals surface area contributed by atoms with Crippen LogP contribution in [0.5, 0.6) is 5.75 Å². The third kappa shape index (κ3) is 4.51. The van der Waals surface area contributed by atoms with Gasteiger partial charge in [0.1, 0.15) is 5.75 Å². The van der Waals surface area contributed by atoms with Gasteiger partial charge in [-0.3, -0.25) is 9.59 Å². The summed E-state index contributed by atoms with van der Waals surface area (Å²) in [4.78, 5) is 25.1. The van der Waals surface area contributed by atoms with Gasteiger partial charge in [-0.15, -0.1) is 0 Å². The molecule has 1 aliphatic rings. The zero-order valence-electron chi connectivity index (χ0n) is 16.9. The summed E-state index contributed by atoms with van der Waals surface area (Å²) in [6.45, 7) is 3.02. The molecule has 1 heterocycles. The minimum Gasteiger partial charge on any atom is -0.493 e. The van der Waals surface area contributed by atoms with E-state index in [-0.39, 0.29) is 17.7 Å². The van der Waals surface area contributed by atoms with Crippen LogP contribution in [0.3, 0.4) is 0 Å². The molecule has 3 aromatic rings. The van der Waals surface area contributed by atoms with E-state index in [2.05, 4.69) is 16.7 Å². The average Bonchev–Trinajstić information content (AvgIpc) is 2.79. The molecule has 0 fully saturated rings. The van der Waals surface area contributed by atoms with Crippen molar-refractivity contribution in [3.8, 4) is 5.75 Å². The number of hydrogen-bond donors (Lipinski definition) is 2. The molecule has 5 heteroatoms. The lowest BCUT2D eigenvalue weighted by atomic mass is 9.96. The number of carbonyl (C=O) groups is 2. The Balaban J connectivity index is 1.39. The van der Waals surface area contributed by atoms with Gasteiger partial charge in [-0.05, 0) is 54.8 Å². The third-order valence-corrected chi connectivity index (χ3v) is 5.29. The molecular weight excluding hydrogens is 376 g/mol. The molecule has 0 bridgehead atoms. The van der Waals surface area contributed by atoms with Gasteiger partial charge < -0.3 is 15.4 Å². The zero-order valence-corrected chi connectivity index (χ0v) is 16.9. The van der Waals surface area contributed by atoms with Crippen molar-refractivity contribution in [3.63, 3.8) is 0 Å². The summed E-state index contributed by atoms with van der Waals surface area (Å²) >= 11 is 0. The van der Waals surface area contributed by atoms with Gasteiger partial charge in [0.15, 0.2) is 0 Å². The summed E-state index contributed by atoms with van der Waals surface area (Å²) in [6.07, 6.45) is 0.878. The van der Waals surface area contributed by atoms with Gasteiger partial charge in [0.05, 0.1) is 6.61 Å². The van der Waals surface area contributed by atoms with E-state index < -0.39 is 0 Å². The van der Waals surface area contributed by atoms with E-state index in [9.17, 15) is 9.59 Å². The Bertz CT molecular complexity index is 1060. The molecule has 4 rings (SSSR count). The van der Waals surface area contributed by atoms with Crippen molar-refractivity contribution in [1.82, 2.24) is 5.32 Å². The highest BCUT2D eigenvalue weighted by Crippen LogP contribution is 2.26. The lowest BCUT2D eigenvalue weighted by Gasteiger charge is -2.25. The van der Waals surface area contributed by atoms with Gasteiger partial charge >= 0.3 is 0 Å². The van der Waals surface area contributed by atoms with Crippen molar-refractivity contribution >= 4 is 17.5 Å². The topological polar surface area (TPSA) is 67.4 Å². The van der Waals surface area contributed by atoms with Crippen LogP contribution in [-0.4, -0.2) is 25.0 Å². The Labute approximate surface area is 176 Å². The van der Waals surface area contributed by atoms with Gasteiger partial charge in [0.25, 0.3) is 11.8 Å². The van der Waals surface area contributed by atoms with Crippen LogP contribution in [0.4, 0.5) is 5.69 Å². The first-order valence-corrected chi connectivity index (χ1v) is 10.1. The first-order chi connectivity index (χ1) is 14.6. The van der Waals surface area contributed by atoms with Gasteiger partial charge in [-0.2, -0.15) is 0 Å². The van der Waals surface area contributed by atoms with Gasteiger partial charge in [0, 0.05) is 29.3 Å². The molecule has 5 nitrogen and oxygen atoms in total. The quantitative estimate of drug-likeness (QED) is 0.674. The average molecular weight is 400 g/mol. The second kappa shape index (κ2) is 8.82. The minimum atomic E-state index is -0.200. The standard InChI is InChI=1S/C25H24N2O3/c1-17-11-12-21(14-22(17)27-25(29)19-7-3-2-4-8-19)24(28)26-15-18-13-20-9-5-6-10-23(20)30-16-18/h2-12,14,18H,13,15-16H2,1H3,(H,26,28)(H,27,29). The summed E-state index contributed by atoms with van der Waals surface area (Å²) in [5.74, 6) is 0.794. The summed E-state index contributed by atoms with van der Waals surface area (Å²) in [6, 6.07) is 22.3. The van der Waals surface area contributed by atoms with Crippen LogP contribution in [0, 0.1) is 12.8 Å². The number of para-hydroxylation sites is 1. The fourth-order valence-electron chi connectivity index (χ4n) is 3.54. The predicted molar refractivity (Wildman–Crippen MR) is 117 cm³/mol. The highest BCUT2D eigenvalue weighted by atomic mass is 16.5. The molecule has 0 saturated carbocycles. The molecule has 2 N–H and O–H groups in total. The summed E-state index contributed by atoms with van der Waals surface area (Å²) in [5.41, 5.74) is 3.79. The molecule has 30 heavy (non-hydrogen) atoms. The molecule has 0 radical (unpaired) electrons. The van der Waals surface area contributed by atoms with Crippen molar-refractivity contribution in [2.24, 2.45) is 5.92 Å². The molecule has 3 aromatic carbocycles. The van der Waals surface area contributed by atoms with E-state index in [1.807, 2.05) is 49.4 Å². The summed E-state index contributed by atoms with van der Waals surface area (Å²) in [7, 11) is 0. The predicted octanol–water partition coefficient (Wildman–Crippen LogP) is 4.23. The molecule has 0 aliphatic carbocycles. The van der Waals surface area contributed by atoms with Crippen molar-refractivity contribution in [2.75, 3.05) is 18.5 Å². The number of benzene rings is 3. The first kappa shape index (κ1) is 19.7. The first-order valence-electron chi connectivity index (χ1n) is 10.1. The number of carbonyl (C=O) groups excluding carboxylic acids is 2. The fraction of sp³-hybridized carbons (Fsp3) is 0.200. The Hall–Kier alpha value is -3.60. The van der Waals surface area contributed by atoms with E-state index in [0.29, 0.717) is 30.0 Å². The van der Waals surface area contributed by atoms with Crippen molar-refractivity contribution in [1.29, 1.82) is 0 Å². The van der Waals surface area contributed by atoms with E-state index in [4.69, 9.17) is 4.74 Å². The number of amides is 2. The van der Waals surface area contributed by atoms with E-state index in [0.717, 1.165) is 17.7 Å². The second-order valence-electron chi connectivity index (χ2n) is 7.55. The molecule has 1 unspecified atom stereocenters. The maximum atomic E-state index is 12.7. The molecular formula is C25H24N2O3. The van der Waals surface area contributed by atoms with Crippen molar-refractivity contribution in [2.45, 2.75) is 13.3 Å². The normalized spacial score (nSPS) is 14.9. The van der Waals surface area contributed by atoms with Gasteiger partial charge in [-0.25, -0.2) is 0 Å². The molecule has 2 amide bonds. The highest BCUT2D eigenvalue weighted by molar-refractivity contribution is 6.05. The van der Waals surface area contributed by atoms with Crippen LogP contribution in [0.2, 0.25) is 0 Å². The number of hydrogen-bond acceptors (Lipinski definition) is 3. The van der Waals surface area contributed by atoms with Crippen LogP contribution in [-0.2, 0) is 6.42 Å². The molecule has 152 valence electrons. The zero-order chi connectivity index (χ0) is 20.9.